The van der Waals surface area contributed by atoms with Gasteiger partial charge >= 0.3 is 0 Å². The van der Waals surface area contributed by atoms with Crippen LogP contribution >= 0.6 is 0 Å². The first-order valence-electron chi connectivity index (χ1n) is 8.61. The Morgan fingerprint density at radius 2 is 1.70 bits per heavy atom. The van der Waals surface area contributed by atoms with E-state index in [9.17, 15) is 18.0 Å². The van der Waals surface area contributed by atoms with Gasteiger partial charge in [-0.05, 0) is 43.2 Å². The summed E-state index contributed by atoms with van der Waals surface area (Å²) >= 11 is 0. The highest BCUT2D eigenvalue weighted by Gasteiger charge is 2.22. The molecule has 1 saturated heterocycles. The highest BCUT2D eigenvalue weighted by molar-refractivity contribution is 7.92. The van der Waals surface area contributed by atoms with Crippen molar-refractivity contribution in [1.82, 2.24) is 4.90 Å². The van der Waals surface area contributed by atoms with Gasteiger partial charge in [0.2, 0.25) is 10.0 Å². The summed E-state index contributed by atoms with van der Waals surface area (Å²) in [5, 5.41) is 2.76. The van der Waals surface area contributed by atoms with Crippen molar-refractivity contribution in [1.29, 1.82) is 0 Å². The van der Waals surface area contributed by atoms with Gasteiger partial charge in [-0.2, -0.15) is 0 Å². The summed E-state index contributed by atoms with van der Waals surface area (Å²) in [4.78, 5) is 27.1. The normalized spacial score (nSPS) is 14.0. The largest absolute Gasteiger partial charge is 0.339 e. The molecule has 3 rings (SSSR count). The van der Waals surface area contributed by atoms with Crippen LogP contribution in [0.25, 0.3) is 0 Å². The Balaban J connectivity index is 1.80. The van der Waals surface area contributed by atoms with Crippen LogP contribution in [0, 0.1) is 0 Å². The fourth-order valence-electron chi connectivity index (χ4n) is 3.00. The number of hydrogen-bond acceptors (Lipinski definition) is 4. The first-order valence-corrected chi connectivity index (χ1v) is 10.5. The lowest BCUT2D eigenvalue weighted by Crippen LogP contribution is -2.28. The van der Waals surface area contributed by atoms with Gasteiger partial charge in [-0.25, -0.2) is 8.42 Å². The summed E-state index contributed by atoms with van der Waals surface area (Å²) in [6.45, 7) is 1.45. The fourth-order valence-corrected chi connectivity index (χ4v) is 3.56. The molecule has 8 heteroatoms. The quantitative estimate of drug-likeness (QED) is 0.824. The molecule has 1 aliphatic rings. The van der Waals surface area contributed by atoms with E-state index in [0.717, 1.165) is 32.2 Å². The molecule has 0 spiro atoms. The van der Waals surface area contributed by atoms with Crippen LogP contribution in [0.4, 0.5) is 11.4 Å². The molecule has 2 aromatic carbocycles. The Bertz CT molecular complexity index is 966. The lowest BCUT2D eigenvalue weighted by molar-refractivity contribution is 0.0794. The standard InChI is InChI=1S/C19H21N3O4S/c1-27(25,26)21-15-8-6-7-14(13-15)18(23)20-17-10-3-2-9-16(17)19(24)22-11-4-5-12-22/h2-3,6-10,13,21H,4-5,11-12H2,1H3,(H,20,23). The zero-order valence-electron chi connectivity index (χ0n) is 14.9. The molecular weight excluding hydrogens is 366 g/mol. The molecule has 0 saturated carbocycles. The van der Waals surface area contributed by atoms with Crippen molar-refractivity contribution in [3.63, 3.8) is 0 Å². The van der Waals surface area contributed by atoms with Crippen LogP contribution in [-0.2, 0) is 10.0 Å². The molecule has 7 nitrogen and oxygen atoms in total. The number of para-hydroxylation sites is 1. The Kier molecular flexibility index (Phi) is 5.46. The highest BCUT2D eigenvalue weighted by Crippen LogP contribution is 2.21. The smallest absolute Gasteiger partial charge is 0.255 e. The zero-order valence-corrected chi connectivity index (χ0v) is 15.8. The monoisotopic (exact) mass is 387 g/mol. The number of likely N-dealkylation sites (tertiary alicyclic amines) is 1. The van der Waals surface area contributed by atoms with Gasteiger partial charge in [-0.3, -0.25) is 14.3 Å². The Labute approximate surface area is 158 Å². The molecule has 0 aliphatic carbocycles. The van der Waals surface area contributed by atoms with E-state index in [1.807, 2.05) is 0 Å². The van der Waals surface area contributed by atoms with Crippen molar-refractivity contribution in [2.75, 3.05) is 29.4 Å². The third-order valence-electron chi connectivity index (χ3n) is 4.23. The minimum Gasteiger partial charge on any atom is -0.339 e. The van der Waals surface area contributed by atoms with Gasteiger partial charge in [0, 0.05) is 24.3 Å². The molecule has 1 fully saturated rings. The van der Waals surface area contributed by atoms with Crippen LogP contribution in [0.1, 0.15) is 33.6 Å². The maximum absolute atomic E-state index is 12.7. The molecule has 27 heavy (non-hydrogen) atoms. The van der Waals surface area contributed by atoms with E-state index < -0.39 is 15.9 Å². The number of anilines is 2. The maximum Gasteiger partial charge on any atom is 0.255 e. The summed E-state index contributed by atoms with van der Waals surface area (Å²) in [6.07, 6.45) is 3.01. The molecule has 1 aliphatic heterocycles. The van der Waals surface area contributed by atoms with Crippen molar-refractivity contribution in [3.05, 3.63) is 59.7 Å². The van der Waals surface area contributed by atoms with Crippen LogP contribution in [0.5, 0.6) is 0 Å². The van der Waals surface area contributed by atoms with E-state index in [2.05, 4.69) is 10.0 Å². The van der Waals surface area contributed by atoms with Crippen LogP contribution in [0.2, 0.25) is 0 Å². The number of carbonyl (C=O) groups excluding carboxylic acids is 2. The number of rotatable bonds is 5. The summed E-state index contributed by atoms with van der Waals surface area (Å²) in [5.74, 6) is -0.523. The van der Waals surface area contributed by atoms with Crippen molar-refractivity contribution < 1.29 is 18.0 Å². The second-order valence-electron chi connectivity index (χ2n) is 6.45. The van der Waals surface area contributed by atoms with Crippen molar-refractivity contribution in [3.8, 4) is 0 Å². The first kappa shape index (κ1) is 18.9. The predicted octanol–water partition coefficient (Wildman–Crippen LogP) is 2.55. The summed E-state index contributed by atoms with van der Waals surface area (Å²) in [5.41, 5.74) is 1.46. The minimum atomic E-state index is -3.44. The summed E-state index contributed by atoms with van der Waals surface area (Å²) < 4.78 is 25.1. The molecule has 0 aromatic heterocycles. The topological polar surface area (TPSA) is 95.6 Å². The number of hydrogen-bond donors (Lipinski definition) is 2. The van der Waals surface area contributed by atoms with Crippen molar-refractivity contribution in [2.24, 2.45) is 0 Å². The SMILES string of the molecule is CS(=O)(=O)Nc1cccc(C(=O)Nc2ccccc2C(=O)N2CCCC2)c1. The lowest BCUT2D eigenvalue weighted by atomic mass is 10.1. The number of carbonyl (C=O) groups is 2. The van der Waals surface area contributed by atoms with Crippen LogP contribution < -0.4 is 10.0 Å². The number of nitrogens with one attached hydrogen (secondary N) is 2. The number of amides is 2. The molecule has 0 bridgehead atoms. The second kappa shape index (κ2) is 7.79. The third kappa shape index (κ3) is 4.85. The average molecular weight is 387 g/mol. The van der Waals surface area contributed by atoms with E-state index in [-0.39, 0.29) is 11.5 Å². The number of benzene rings is 2. The van der Waals surface area contributed by atoms with Gasteiger partial charge in [0.15, 0.2) is 0 Å². The third-order valence-corrected chi connectivity index (χ3v) is 4.83. The Morgan fingerprint density at radius 3 is 2.41 bits per heavy atom. The maximum atomic E-state index is 12.7. The number of nitrogens with zero attached hydrogens (tertiary/aromatic N) is 1. The van der Waals surface area contributed by atoms with Gasteiger partial charge in [0.1, 0.15) is 0 Å². The molecule has 2 aromatic rings. The Hall–Kier alpha value is -2.87. The fraction of sp³-hybridized carbons (Fsp3) is 0.263. The minimum absolute atomic E-state index is 0.101. The average Bonchev–Trinajstić information content (AvgIpc) is 3.15. The lowest BCUT2D eigenvalue weighted by Gasteiger charge is -2.18. The van der Waals surface area contributed by atoms with Gasteiger partial charge in [-0.15, -0.1) is 0 Å². The van der Waals surface area contributed by atoms with Crippen molar-refractivity contribution >= 4 is 33.2 Å². The highest BCUT2D eigenvalue weighted by atomic mass is 32.2. The molecule has 142 valence electrons. The summed E-state index contributed by atoms with van der Waals surface area (Å²) in [7, 11) is -3.44. The first-order chi connectivity index (χ1) is 12.8. The van der Waals surface area contributed by atoms with Crippen molar-refractivity contribution in [2.45, 2.75) is 12.8 Å². The molecular formula is C19H21N3O4S. The van der Waals surface area contributed by atoms with Crippen LogP contribution in [0.3, 0.4) is 0 Å². The predicted molar refractivity (Wildman–Crippen MR) is 104 cm³/mol. The second-order valence-corrected chi connectivity index (χ2v) is 8.20. The van der Waals surface area contributed by atoms with E-state index in [4.69, 9.17) is 0 Å². The van der Waals surface area contributed by atoms with E-state index in [1.54, 1.807) is 47.4 Å². The van der Waals surface area contributed by atoms with E-state index in [1.165, 1.54) is 6.07 Å². The molecule has 2 N–H and O–H groups in total. The van der Waals surface area contributed by atoms with E-state index in [0.29, 0.717) is 16.9 Å². The molecule has 2 amide bonds. The Morgan fingerprint density at radius 1 is 1.00 bits per heavy atom. The molecule has 0 atom stereocenters. The molecule has 0 radical (unpaired) electrons. The summed E-state index contributed by atoms with van der Waals surface area (Å²) in [6, 6.07) is 13.0. The van der Waals surface area contributed by atoms with Gasteiger partial charge < -0.3 is 10.2 Å². The molecule has 1 heterocycles. The van der Waals surface area contributed by atoms with Gasteiger partial charge in [0.05, 0.1) is 17.5 Å². The zero-order chi connectivity index (χ0) is 19.4. The van der Waals surface area contributed by atoms with E-state index >= 15 is 0 Å². The molecule has 0 unspecified atom stereocenters. The van der Waals surface area contributed by atoms with Crippen LogP contribution in [0.15, 0.2) is 48.5 Å². The van der Waals surface area contributed by atoms with Gasteiger partial charge in [0.25, 0.3) is 11.8 Å². The van der Waals surface area contributed by atoms with Crippen LogP contribution in [-0.4, -0.2) is 44.5 Å². The number of sulfonamides is 1. The van der Waals surface area contributed by atoms with Gasteiger partial charge in [-0.1, -0.05) is 18.2 Å².